The second-order valence-electron chi connectivity index (χ2n) is 10.6. The fourth-order valence-electron chi connectivity index (χ4n) is 7.87. The average Bonchev–Trinajstić information content (AvgIpc) is 2.94. The third-order valence-corrected chi connectivity index (χ3v) is 9.80. The summed E-state index contributed by atoms with van der Waals surface area (Å²) in [6.45, 7) is 4.88. The summed E-state index contributed by atoms with van der Waals surface area (Å²) in [7, 11) is 0. The number of Topliss-reactive ketones (excluding diaryl/α,β-unsaturated/α-hetero) is 1. The van der Waals surface area contributed by atoms with E-state index in [-0.39, 0.29) is 5.41 Å². The smallest absolute Gasteiger partial charge is 0.165 e. The molecule has 150 valence electrons. The Morgan fingerprint density at radius 1 is 1.00 bits per heavy atom. The molecule has 4 aliphatic rings. The van der Waals surface area contributed by atoms with E-state index in [1.807, 2.05) is 24.3 Å². The number of fused-ring (bicyclic) bond motifs is 5. The molecule has 2 heteroatoms. The third kappa shape index (κ3) is 2.68. The predicted octanol–water partition coefficient (Wildman–Crippen LogP) is 7.34. The highest BCUT2D eigenvalue weighted by atomic mass is 35.5. The maximum absolute atomic E-state index is 13.5. The summed E-state index contributed by atoms with van der Waals surface area (Å²) in [6, 6.07) is 7.91. The molecule has 0 aliphatic heterocycles. The minimum atomic E-state index is -0.147. The van der Waals surface area contributed by atoms with E-state index in [1.165, 1.54) is 44.9 Å². The van der Waals surface area contributed by atoms with Crippen molar-refractivity contribution in [2.75, 3.05) is 0 Å². The van der Waals surface area contributed by atoms with Gasteiger partial charge in [0.15, 0.2) is 5.78 Å². The van der Waals surface area contributed by atoms with Gasteiger partial charge in [0, 0.05) is 10.4 Å². The van der Waals surface area contributed by atoms with Gasteiger partial charge < -0.3 is 0 Å². The number of carbonyl (C=O) groups excluding carboxylic acids is 1. The predicted molar refractivity (Wildman–Crippen MR) is 116 cm³/mol. The number of halogens is 1. The number of allylic oxidation sites excluding steroid dienone is 1. The molecule has 5 rings (SSSR count). The Bertz CT molecular complexity index is 825. The van der Waals surface area contributed by atoms with Crippen LogP contribution in [-0.4, -0.2) is 5.78 Å². The SMILES string of the molecule is C[C@@]12CCCC[C@H]1CC[C@H]1[C@H]3C/C(=C\c4ccccc4Cl)C(=O)[C@]3(C)CC[C@@H]12. The van der Waals surface area contributed by atoms with E-state index >= 15 is 0 Å². The van der Waals surface area contributed by atoms with Crippen molar-refractivity contribution < 1.29 is 4.79 Å². The van der Waals surface area contributed by atoms with Gasteiger partial charge in [-0.1, -0.05) is 56.5 Å². The topological polar surface area (TPSA) is 17.1 Å². The molecular weight excluding hydrogens is 364 g/mol. The van der Waals surface area contributed by atoms with Crippen LogP contribution in [0, 0.1) is 34.5 Å². The molecular formula is C26H33ClO. The van der Waals surface area contributed by atoms with E-state index in [2.05, 4.69) is 19.9 Å². The van der Waals surface area contributed by atoms with Crippen molar-refractivity contribution in [1.82, 2.24) is 0 Å². The molecule has 0 bridgehead atoms. The summed E-state index contributed by atoms with van der Waals surface area (Å²) in [5, 5.41) is 0.746. The van der Waals surface area contributed by atoms with Crippen LogP contribution in [0.3, 0.4) is 0 Å². The molecule has 0 heterocycles. The maximum atomic E-state index is 13.5. The number of benzene rings is 1. The van der Waals surface area contributed by atoms with Crippen LogP contribution in [0.4, 0.5) is 0 Å². The largest absolute Gasteiger partial charge is 0.294 e. The van der Waals surface area contributed by atoms with Gasteiger partial charge in [-0.25, -0.2) is 0 Å². The van der Waals surface area contributed by atoms with Crippen molar-refractivity contribution in [3.8, 4) is 0 Å². The Kier molecular flexibility index (Phi) is 4.54. The highest BCUT2D eigenvalue weighted by molar-refractivity contribution is 6.32. The van der Waals surface area contributed by atoms with Crippen molar-refractivity contribution >= 4 is 23.5 Å². The Morgan fingerprint density at radius 2 is 1.82 bits per heavy atom. The van der Waals surface area contributed by atoms with Gasteiger partial charge in [0.2, 0.25) is 0 Å². The zero-order valence-corrected chi connectivity index (χ0v) is 18.1. The zero-order chi connectivity index (χ0) is 19.5. The van der Waals surface area contributed by atoms with Gasteiger partial charge in [0.05, 0.1) is 0 Å². The molecule has 4 fully saturated rings. The van der Waals surface area contributed by atoms with Gasteiger partial charge in [-0.2, -0.15) is 0 Å². The summed E-state index contributed by atoms with van der Waals surface area (Å²) in [5.74, 6) is 3.44. The van der Waals surface area contributed by atoms with Gasteiger partial charge in [-0.05, 0) is 97.3 Å². The van der Waals surface area contributed by atoms with Gasteiger partial charge in [-0.15, -0.1) is 0 Å². The van der Waals surface area contributed by atoms with E-state index in [1.54, 1.807) is 0 Å². The van der Waals surface area contributed by atoms with Crippen LogP contribution in [0.1, 0.15) is 77.2 Å². The Balaban J connectivity index is 1.48. The molecule has 0 radical (unpaired) electrons. The third-order valence-electron chi connectivity index (χ3n) is 9.46. The second-order valence-corrected chi connectivity index (χ2v) is 11.0. The summed E-state index contributed by atoms with van der Waals surface area (Å²) in [5.41, 5.74) is 2.40. The van der Waals surface area contributed by atoms with E-state index < -0.39 is 0 Å². The summed E-state index contributed by atoms with van der Waals surface area (Å²) < 4.78 is 0. The van der Waals surface area contributed by atoms with E-state index in [4.69, 9.17) is 11.6 Å². The lowest BCUT2D eigenvalue weighted by Crippen LogP contribution is -2.52. The quantitative estimate of drug-likeness (QED) is 0.454. The molecule has 0 unspecified atom stereocenters. The lowest BCUT2D eigenvalue weighted by atomic mass is 9.45. The van der Waals surface area contributed by atoms with E-state index in [9.17, 15) is 4.79 Å². The Hall–Kier alpha value is -1.08. The number of ketones is 1. The van der Waals surface area contributed by atoms with Crippen molar-refractivity contribution in [2.45, 2.75) is 71.6 Å². The van der Waals surface area contributed by atoms with Gasteiger partial charge >= 0.3 is 0 Å². The minimum Gasteiger partial charge on any atom is -0.294 e. The fraction of sp³-hybridized carbons (Fsp3) is 0.654. The van der Waals surface area contributed by atoms with Gasteiger partial charge in [0.1, 0.15) is 0 Å². The molecule has 4 saturated carbocycles. The first-order valence-corrected chi connectivity index (χ1v) is 11.8. The number of carbonyl (C=O) groups is 1. The summed E-state index contributed by atoms with van der Waals surface area (Å²) in [6.07, 6.45) is 13.8. The summed E-state index contributed by atoms with van der Waals surface area (Å²) >= 11 is 6.39. The van der Waals surface area contributed by atoms with Crippen molar-refractivity contribution in [2.24, 2.45) is 34.5 Å². The average molecular weight is 397 g/mol. The van der Waals surface area contributed by atoms with Gasteiger partial charge in [-0.3, -0.25) is 4.79 Å². The molecule has 0 saturated heterocycles. The molecule has 0 N–H and O–H groups in total. The van der Waals surface area contributed by atoms with Crippen molar-refractivity contribution in [1.29, 1.82) is 0 Å². The van der Waals surface area contributed by atoms with Crippen molar-refractivity contribution in [3.05, 3.63) is 40.4 Å². The van der Waals surface area contributed by atoms with E-state index in [0.29, 0.717) is 17.1 Å². The number of hydrogen-bond donors (Lipinski definition) is 0. The molecule has 0 spiro atoms. The van der Waals surface area contributed by atoms with Gasteiger partial charge in [0.25, 0.3) is 0 Å². The highest BCUT2D eigenvalue weighted by Crippen LogP contribution is 2.66. The molecule has 6 atom stereocenters. The molecule has 0 amide bonds. The standard InChI is InChI=1S/C26H33ClO/c1-25-13-6-5-8-19(25)10-11-20-21(25)12-14-26(2)22(20)16-18(24(26)28)15-17-7-3-4-9-23(17)27/h3-4,7,9,15,19-22H,5-6,8,10-14,16H2,1-2H3/b18-15+/t19-,20+,21-,22+,25+,26+/m0/s1. The normalized spacial score (nSPS) is 44.1. The molecule has 4 aliphatic carbocycles. The van der Waals surface area contributed by atoms with Crippen molar-refractivity contribution in [3.63, 3.8) is 0 Å². The molecule has 28 heavy (non-hydrogen) atoms. The Morgan fingerprint density at radius 3 is 2.64 bits per heavy atom. The van der Waals surface area contributed by atoms with Crippen LogP contribution in [0.5, 0.6) is 0 Å². The fourth-order valence-corrected chi connectivity index (χ4v) is 8.06. The molecule has 1 nitrogen and oxygen atoms in total. The lowest BCUT2D eigenvalue weighted by molar-refractivity contribution is -0.137. The molecule has 1 aromatic carbocycles. The lowest BCUT2D eigenvalue weighted by Gasteiger charge is -2.59. The van der Waals surface area contributed by atoms with Crippen LogP contribution in [-0.2, 0) is 4.79 Å². The van der Waals surface area contributed by atoms with Crippen LogP contribution in [0.2, 0.25) is 5.02 Å². The molecule has 1 aromatic rings. The second kappa shape index (κ2) is 6.73. The first-order chi connectivity index (χ1) is 13.4. The summed E-state index contributed by atoms with van der Waals surface area (Å²) in [4.78, 5) is 13.5. The van der Waals surface area contributed by atoms with Crippen LogP contribution < -0.4 is 0 Å². The number of hydrogen-bond acceptors (Lipinski definition) is 1. The molecule has 0 aromatic heterocycles. The highest BCUT2D eigenvalue weighted by Gasteiger charge is 2.60. The maximum Gasteiger partial charge on any atom is 0.165 e. The number of rotatable bonds is 1. The monoisotopic (exact) mass is 396 g/mol. The van der Waals surface area contributed by atoms with Crippen LogP contribution in [0.15, 0.2) is 29.8 Å². The first-order valence-electron chi connectivity index (χ1n) is 11.4. The zero-order valence-electron chi connectivity index (χ0n) is 17.3. The minimum absolute atomic E-state index is 0.147. The van der Waals surface area contributed by atoms with Crippen LogP contribution >= 0.6 is 11.6 Å². The Labute approximate surface area is 174 Å². The first kappa shape index (κ1) is 18.9. The van der Waals surface area contributed by atoms with E-state index in [0.717, 1.165) is 46.8 Å². The van der Waals surface area contributed by atoms with Crippen LogP contribution in [0.25, 0.3) is 6.08 Å².